The van der Waals surface area contributed by atoms with Crippen molar-refractivity contribution < 1.29 is 66.7 Å². The number of carbonyl (C=O) groups excluding carboxylic acids is 2. The van der Waals surface area contributed by atoms with Crippen molar-refractivity contribution in [2.45, 2.75) is 154 Å². The van der Waals surface area contributed by atoms with Gasteiger partial charge in [-0.2, -0.15) is 0 Å². The van der Waals surface area contributed by atoms with Crippen molar-refractivity contribution in [1.29, 1.82) is 0 Å². The van der Waals surface area contributed by atoms with E-state index in [9.17, 15) is 33.8 Å². The smallest absolute Gasteiger partial charge is 0.462 e. The summed E-state index contributed by atoms with van der Waals surface area (Å²) in [5.74, 6) is -1.21. The van der Waals surface area contributed by atoms with Gasteiger partial charge in [0.15, 0.2) is 6.10 Å². The summed E-state index contributed by atoms with van der Waals surface area (Å²) < 4.78 is 47.6. The van der Waals surface area contributed by atoms with Crippen LogP contribution in [0.4, 0.5) is 0 Å². The molecule has 14 nitrogen and oxygen atoms in total. The molecule has 1 unspecified atom stereocenters. The molecule has 0 heterocycles. The molecule has 0 saturated heterocycles. The molecule has 0 rings (SSSR count). The Hall–Kier alpha value is -3.00. The maximum atomic E-state index is 12.6. The van der Waals surface area contributed by atoms with E-state index in [0.29, 0.717) is 38.5 Å². The van der Waals surface area contributed by atoms with Crippen LogP contribution in [0.25, 0.3) is 0 Å². The van der Waals surface area contributed by atoms with E-state index in [-0.39, 0.29) is 12.8 Å². The molecule has 0 radical (unpaired) electrons. The molecule has 5 N–H and O–H groups in total. The van der Waals surface area contributed by atoms with Crippen LogP contribution in [0.1, 0.15) is 136 Å². The number of allylic oxidation sites excluding steroid dienone is 14. The Morgan fingerprint density at radius 3 is 1.55 bits per heavy atom. The van der Waals surface area contributed by atoms with Crippen molar-refractivity contribution >= 4 is 27.6 Å². The van der Waals surface area contributed by atoms with Crippen LogP contribution in [0.15, 0.2) is 97.2 Å². The van der Waals surface area contributed by atoms with Crippen LogP contribution in [0.3, 0.4) is 0 Å². The van der Waals surface area contributed by atoms with E-state index < -0.39 is 72.3 Å². The molecule has 0 aromatic carbocycles. The molecular formula is C46H76O14P2. The largest absolute Gasteiger partial charge is 0.472 e. The minimum atomic E-state index is -4.89. The average Bonchev–Trinajstić information content (AvgIpc) is 3.23. The van der Waals surface area contributed by atoms with Crippen LogP contribution in [0, 0.1) is 0 Å². The number of hydrogen-bond acceptors (Lipinski definition) is 11. The predicted octanol–water partition coefficient (Wildman–Crippen LogP) is 10.3. The van der Waals surface area contributed by atoms with Gasteiger partial charge in [0.05, 0.1) is 25.9 Å². The second kappa shape index (κ2) is 40.8. The van der Waals surface area contributed by atoms with Crippen LogP contribution in [-0.4, -0.2) is 81.6 Å². The number of ether oxygens (including phenoxy) is 2. The van der Waals surface area contributed by atoms with E-state index in [1.54, 1.807) is 6.08 Å². The summed E-state index contributed by atoms with van der Waals surface area (Å²) in [5, 5.41) is 19.8. The molecule has 0 spiro atoms. The fraction of sp³-hybridized carbons (Fsp3) is 0.609. The molecule has 0 bridgehead atoms. The van der Waals surface area contributed by atoms with Crippen molar-refractivity contribution in [1.82, 2.24) is 0 Å². The van der Waals surface area contributed by atoms with E-state index in [0.717, 1.165) is 32.1 Å². The third-order valence-corrected chi connectivity index (χ3v) is 9.95. The van der Waals surface area contributed by atoms with E-state index in [1.165, 1.54) is 38.5 Å². The Kier molecular flexibility index (Phi) is 38.8. The molecule has 0 aromatic heterocycles. The molecule has 0 saturated carbocycles. The van der Waals surface area contributed by atoms with Crippen molar-refractivity contribution in [2.75, 3.05) is 26.4 Å². The molecular weight excluding hydrogens is 838 g/mol. The molecule has 354 valence electrons. The lowest BCUT2D eigenvalue weighted by Crippen LogP contribution is -2.29. The third-order valence-electron chi connectivity index (χ3n) is 8.52. The van der Waals surface area contributed by atoms with Gasteiger partial charge in [-0.3, -0.25) is 23.2 Å². The minimum absolute atomic E-state index is 0.0253. The van der Waals surface area contributed by atoms with Gasteiger partial charge in [0.2, 0.25) is 0 Å². The summed E-state index contributed by atoms with van der Waals surface area (Å²) in [5.41, 5.74) is 0. The Balaban J connectivity index is 4.77. The van der Waals surface area contributed by atoms with Gasteiger partial charge >= 0.3 is 27.6 Å². The molecule has 0 fully saturated rings. The predicted molar refractivity (Wildman–Crippen MR) is 245 cm³/mol. The number of phosphoric acid groups is 2. The zero-order valence-corrected chi connectivity index (χ0v) is 38.8. The lowest BCUT2D eigenvalue weighted by atomic mass is 10.2. The second-order valence-corrected chi connectivity index (χ2v) is 17.2. The fourth-order valence-corrected chi connectivity index (χ4v) is 6.27. The number of carbonyl (C=O) groups is 2. The normalized spacial score (nSPS) is 15.4. The van der Waals surface area contributed by atoms with E-state index >= 15 is 0 Å². The lowest BCUT2D eigenvalue weighted by molar-refractivity contribution is -0.161. The number of aliphatic hydroxyl groups excluding tert-OH is 2. The first-order chi connectivity index (χ1) is 29.8. The number of unbranched alkanes of at least 4 members (excludes halogenated alkanes) is 8. The zero-order chi connectivity index (χ0) is 46.0. The zero-order valence-electron chi connectivity index (χ0n) is 37.0. The first-order valence-corrected chi connectivity index (χ1v) is 25.1. The standard InChI is InChI=1S/C46H76O14P2/c1-3-5-7-9-11-12-13-14-15-16-17-18-19-20-24-29-33-37-46(50)60-44(41-59-62(54,55)58-39-43(48)38-57-61(51,52)53)40-56-45(49)36-32-28-25-21-23-27-31-35-42(47)34-30-26-22-10-8-6-4-2/h11-12,14-15,17-18,20-22,24-27,30-31,34,42-44,47-48H,3-10,13,16,19,23,28-29,32-33,35-41H2,1-2H3,(H,54,55)(H2,51,52,53)/b12-11-,15-14-,18-17-,24-20-,25-21+,26-22-,31-27-,34-30-/t42-,43+,44-/m1/s1. The number of phosphoric ester groups is 2. The first kappa shape index (κ1) is 59.0. The molecule has 0 aliphatic rings. The van der Waals surface area contributed by atoms with Gasteiger partial charge in [-0.15, -0.1) is 0 Å². The van der Waals surface area contributed by atoms with Crippen LogP contribution in [0.5, 0.6) is 0 Å². The summed E-state index contributed by atoms with van der Waals surface area (Å²) in [4.78, 5) is 52.7. The maximum Gasteiger partial charge on any atom is 0.472 e. The second-order valence-electron chi connectivity index (χ2n) is 14.5. The highest BCUT2D eigenvalue weighted by molar-refractivity contribution is 7.47. The maximum absolute atomic E-state index is 12.6. The number of hydrogen-bond donors (Lipinski definition) is 5. The van der Waals surface area contributed by atoms with E-state index in [2.05, 4.69) is 65.4 Å². The monoisotopic (exact) mass is 914 g/mol. The van der Waals surface area contributed by atoms with Crippen molar-refractivity contribution in [3.05, 3.63) is 97.2 Å². The lowest BCUT2D eigenvalue weighted by Gasteiger charge is -2.20. The first-order valence-electron chi connectivity index (χ1n) is 22.0. The van der Waals surface area contributed by atoms with Crippen LogP contribution < -0.4 is 0 Å². The van der Waals surface area contributed by atoms with Crippen LogP contribution in [0.2, 0.25) is 0 Å². The van der Waals surface area contributed by atoms with Crippen molar-refractivity contribution in [3.63, 3.8) is 0 Å². The highest BCUT2D eigenvalue weighted by atomic mass is 31.2. The molecule has 62 heavy (non-hydrogen) atoms. The van der Waals surface area contributed by atoms with Crippen LogP contribution >= 0.6 is 15.6 Å². The summed E-state index contributed by atoms with van der Waals surface area (Å²) in [6.07, 6.45) is 44.3. The quantitative estimate of drug-likeness (QED) is 0.0127. The summed E-state index contributed by atoms with van der Waals surface area (Å²) in [7, 11) is -9.74. The number of rotatable bonds is 40. The highest BCUT2D eigenvalue weighted by Gasteiger charge is 2.28. The van der Waals surface area contributed by atoms with Crippen molar-refractivity contribution in [3.8, 4) is 0 Å². The van der Waals surface area contributed by atoms with E-state index in [1.807, 2.05) is 48.6 Å². The molecule has 0 aliphatic carbocycles. The number of esters is 2. The number of aliphatic hydroxyl groups is 2. The van der Waals surface area contributed by atoms with Gasteiger partial charge in [0, 0.05) is 12.8 Å². The van der Waals surface area contributed by atoms with Gasteiger partial charge in [0.1, 0.15) is 12.7 Å². The summed E-state index contributed by atoms with van der Waals surface area (Å²) >= 11 is 0. The van der Waals surface area contributed by atoms with Gasteiger partial charge < -0.3 is 34.4 Å². The Bertz CT molecular complexity index is 1480. The Labute approximate surface area is 371 Å². The van der Waals surface area contributed by atoms with Gasteiger partial charge in [-0.25, -0.2) is 9.13 Å². The summed E-state index contributed by atoms with van der Waals surface area (Å²) in [6.45, 7) is 1.47. The Morgan fingerprint density at radius 2 is 1.00 bits per heavy atom. The summed E-state index contributed by atoms with van der Waals surface area (Å²) in [6, 6.07) is 0. The highest BCUT2D eigenvalue weighted by Crippen LogP contribution is 2.43. The van der Waals surface area contributed by atoms with Crippen LogP contribution in [-0.2, 0) is 41.8 Å². The van der Waals surface area contributed by atoms with E-state index in [4.69, 9.17) is 23.8 Å². The van der Waals surface area contributed by atoms with Gasteiger partial charge in [-0.05, 0) is 83.5 Å². The third kappa shape index (κ3) is 43.6. The van der Waals surface area contributed by atoms with Crippen molar-refractivity contribution in [2.24, 2.45) is 0 Å². The molecule has 0 amide bonds. The molecule has 4 atom stereocenters. The van der Waals surface area contributed by atoms with Gasteiger partial charge in [0.25, 0.3) is 0 Å². The average molecular weight is 915 g/mol. The van der Waals surface area contributed by atoms with Gasteiger partial charge in [-0.1, -0.05) is 137 Å². The minimum Gasteiger partial charge on any atom is -0.462 e. The molecule has 0 aromatic rings. The molecule has 16 heteroatoms. The molecule has 0 aliphatic heterocycles. The SMILES string of the molecule is CCCCC/C=C\C=C/[C@@H](O)C/C=C\C/C=C/CCCC(=O)OC[C@H](COP(=O)(O)OC[C@@H](O)COP(=O)(O)O)OC(=O)CCC/C=C\C/C=C\C/C=C\C/C=C\CCCCC. The fourth-order valence-electron chi connectivity index (χ4n) is 5.12. The topological polar surface area (TPSA) is 216 Å². The Morgan fingerprint density at radius 1 is 0.532 bits per heavy atom.